The third kappa shape index (κ3) is 6.17. The molecule has 84 valence electrons. The molecule has 0 amide bonds. The number of aliphatic hydroxyl groups excluding tert-OH is 1. The second-order valence-corrected chi connectivity index (χ2v) is 3.25. The summed E-state index contributed by atoms with van der Waals surface area (Å²) in [5.41, 5.74) is -1.94. The van der Waals surface area contributed by atoms with Crippen LogP contribution in [0.5, 0.6) is 0 Å². The molecule has 2 N–H and O–H groups in total. The van der Waals surface area contributed by atoms with E-state index in [2.05, 4.69) is 11.7 Å². The number of unbranched alkanes of at least 4 members (excludes halogenated alkanes) is 1. The van der Waals surface area contributed by atoms with Crippen LogP contribution in [0.3, 0.4) is 0 Å². The van der Waals surface area contributed by atoms with Gasteiger partial charge in [-0.1, -0.05) is 19.3 Å². The molecule has 0 saturated carbocycles. The summed E-state index contributed by atoms with van der Waals surface area (Å²) in [6, 6.07) is 0. The molecule has 0 aliphatic carbocycles. The van der Waals surface area contributed by atoms with Gasteiger partial charge in [-0.15, -0.1) is 6.58 Å². The molecule has 0 saturated heterocycles. The largest absolute Gasteiger partial charge is 0.396 e. The molecule has 1 atom stereocenters. The Balaban J connectivity index is 5.74. The Hall–Kier alpha value is -0.340. The lowest BCUT2D eigenvalue weighted by Crippen LogP contribution is -2.28. The van der Waals surface area contributed by atoms with Crippen molar-refractivity contribution < 1.29 is 19.8 Å². The van der Waals surface area contributed by atoms with E-state index in [9.17, 15) is 0 Å². The van der Waals surface area contributed by atoms with Crippen molar-refractivity contribution in [1.29, 1.82) is 1.43 Å². The van der Waals surface area contributed by atoms with E-state index in [1.807, 2.05) is 0 Å². The number of rotatable bonds is 10. The molecule has 0 rings (SSSR count). The Kier molecular flexibility index (Phi) is 2.93. The molecule has 14 heavy (non-hydrogen) atoms. The van der Waals surface area contributed by atoms with E-state index >= 15 is 0 Å². The molecular weight excluding hydrogens is 181 g/mol. The fourth-order valence-corrected chi connectivity index (χ4v) is 1.22. The normalized spacial score (nSPS) is 26.4. The summed E-state index contributed by atoms with van der Waals surface area (Å²) in [5.74, 6) is 0. The van der Waals surface area contributed by atoms with Crippen LogP contribution in [-0.2, 0) is 0 Å². The van der Waals surface area contributed by atoms with Crippen molar-refractivity contribution in [3.63, 3.8) is 0 Å². The molecule has 0 aliphatic heterocycles. The van der Waals surface area contributed by atoms with E-state index in [-0.39, 0.29) is 32.3 Å². The molecular formula is C12H24O2. The lowest BCUT2D eigenvalue weighted by molar-refractivity contribution is 0.0113. The summed E-state index contributed by atoms with van der Waals surface area (Å²) >= 11 is 0. The van der Waals surface area contributed by atoms with Crippen LogP contribution >= 0.6 is 0 Å². The molecule has 0 fully saturated rings. The minimum absolute atomic E-state index is 0.0754. The van der Waals surface area contributed by atoms with Crippen molar-refractivity contribution in [2.45, 2.75) is 57.3 Å². The Labute approximate surface area is 99.0 Å². The minimum Gasteiger partial charge on any atom is -0.396 e. The van der Waals surface area contributed by atoms with Crippen LogP contribution in [-0.4, -0.2) is 23.9 Å². The van der Waals surface area contributed by atoms with Gasteiger partial charge >= 0.3 is 0 Å². The van der Waals surface area contributed by atoms with Crippen molar-refractivity contribution in [1.82, 2.24) is 0 Å². The third-order valence-corrected chi connectivity index (χ3v) is 2.03. The van der Waals surface area contributed by atoms with E-state index in [0.29, 0.717) is 6.42 Å². The summed E-state index contributed by atoms with van der Waals surface area (Å²) in [6.45, 7) is 0.166. The first-order chi connectivity index (χ1) is 9.93. The van der Waals surface area contributed by atoms with Crippen LogP contribution in [0.1, 0.15) is 61.3 Å². The van der Waals surface area contributed by atoms with Crippen molar-refractivity contribution >= 4 is 0 Å². The van der Waals surface area contributed by atoms with Gasteiger partial charge in [0.25, 0.3) is 0 Å². The lowest BCUT2D eigenvalue weighted by atomic mass is 10.2. The Morgan fingerprint density at radius 2 is 2.43 bits per heavy atom. The Bertz CT molecular complexity index is 356. The van der Waals surface area contributed by atoms with Crippen molar-refractivity contribution in [2.24, 2.45) is 0 Å². The summed E-state index contributed by atoms with van der Waals surface area (Å²) in [7, 11) is 0. The Morgan fingerprint density at radius 1 is 1.57 bits per heavy atom. The zero-order valence-corrected chi connectivity index (χ0v) is 8.38. The highest BCUT2D eigenvalue weighted by Crippen LogP contribution is 2.25. The highest BCUT2D eigenvalue weighted by Gasteiger charge is 2.23. The number of aliphatic hydroxyl groups is 2. The van der Waals surface area contributed by atoms with E-state index < -0.39 is 25.2 Å². The number of allylic oxidation sites excluding steroid dienone is 1. The summed E-state index contributed by atoms with van der Waals surface area (Å²) in [4.78, 5) is 0. The average molecular weight is 213 g/mol. The van der Waals surface area contributed by atoms with E-state index in [0.717, 1.165) is 0 Å². The van der Waals surface area contributed by atoms with Crippen LogP contribution in [0, 0.1) is 0 Å². The average Bonchev–Trinajstić information content (AvgIpc) is 2.41. The SMILES string of the molecule is [2H]O[13C](CCC=[13CH2])(CCCCO)[13C]([2H])([2H])[13C]([2H])([2H])[13C]([2H])([2H])[2H]. The molecule has 0 radical (unpaired) electrons. The number of hydrogen-bond acceptors (Lipinski definition) is 2. The van der Waals surface area contributed by atoms with Gasteiger partial charge in [0.15, 0.2) is 0 Å². The van der Waals surface area contributed by atoms with Gasteiger partial charge in [0.05, 0.1) is 5.60 Å². The summed E-state index contributed by atoms with van der Waals surface area (Å²) in [5, 5.41) is 13.4. The van der Waals surface area contributed by atoms with Crippen LogP contribution < -0.4 is 0 Å². The molecule has 0 aromatic carbocycles. The van der Waals surface area contributed by atoms with Crippen LogP contribution in [0.2, 0.25) is 0 Å². The third-order valence-electron chi connectivity index (χ3n) is 2.03. The molecule has 2 nitrogen and oxygen atoms in total. The van der Waals surface area contributed by atoms with E-state index in [1.54, 1.807) is 0 Å². The van der Waals surface area contributed by atoms with Gasteiger partial charge < -0.3 is 10.2 Å². The molecule has 0 aromatic heterocycles. The monoisotopic (exact) mass is 213 g/mol. The second-order valence-electron chi connectivity index (χ2n) is 3.25. The molecule has 0 spiro atoms. The maximum absolute atomic E-state index is 8.84. The maximum atomic E-state index is 8.84. The van der Waals surface area contributed by atoms with Crippen molar-refractivity contribution in [3.05, 3.63) is 12.7 Å². The highest BCUT2D eigenvalue weighted by atomic mass is 16.4. The fraction of sp³-hybridized carbons (Fsp3) is 0.833. The molecule has 0 aliphatic rings. The number of hydrogen-bond donors (Lipinski definition) is 2. The van der Waals surface area contributed by atoms with Gasteiger partial charge in [-0.25, -0.2) is 0 Å². The molecule has 0 bridgehead atoms. The quantitative estimate of drug-likeness (QED) is 0.333. The van der Waals surface area contributed by atoms with E-state index in [4.69, 9.17) is 16.1 Å². The van der Waals surface area contributed by atoms with Gasteiger partial charge in [0.1, 0.15) is 0 Å². The zero-order valence-electron chi connectivity index (χ0n) is 16.4. The zero-order chi connectivity index (χ0) is 17.7. The summed E-state index contributed by atoms with van der Waals surface area (Å²) in [6.07, 6.45) is -3.95. The van der Waals surface area contributed by atoms with Gasteiger partial charge in [0, 0.05) is 16.2 Å². The molecule has 2 heteroatoms. The first kappa shape index (κ1) is 5.13. The Morgan fingerprint density at radius 3 is 3.00 bits per heavy atom. The van der Waals surface area contributed by atoms with Crippen LogP contribution in [0.25, 0.3) is 0 Å². The minimum atomic E-state index is -3.20. The first-order valence-corrected chi connectivity index (χ1v) is 4.79. The predicted octanol–water partition coefficient (Wildman–Crippen LogP) is 2.65. The van der Waals surface area contributed by atoms with Crippen molar-refractivity contribution in [2.75, 3.05) is 6.61 Å². The second kappa shape index (κ2) is 8.01. The summed E-state index contributed by atoms with van der Waals surface area (Å²) < 4.78 is 60.8. The van der Waals surface area contributed by atoms with Gasteiger partial charge in [0.2, 0.25) is 1.43 Å². The molecule has 0 heterocycles. The van der Waals surface area contributed by atoms with E-state index in [1.165, 1.54) is 6.08 Å². The standard InChI is InChI=1S/C12H24O2/c1-3-5-9-12(14,8-4-2)10-6-7-11-13/h3,13-14H,1,4-11H2,2H3/i1+1,2+1D3,4+1D2,8+1D2,12+1,14D. The van der Waals surface area contributed by atoms with Gasteiger partial charge in [-0.3, -0.25) is 0 Å². The first-order valence-electron chi connectivity index (χ1n) is 8.70. The maximum Gasteiger partial charge on any atom is 0.211 e. The smallest absolute Gasteiger partial charge is 0.211 e. The molecule has 1 unspecified atom stereocenters. The predicted molar refractivity (Wildman–Crippen MR) is 60.2 cm³/mol. The van der Waals surface area contributed by atoms with Gasteiger partial charge in [-0.05, 0) is 38.5 Å². The topological polar surface area (TPSA) is 40.5 Å². The van der Waals surface area contributed by atoms with Crippen LogP contribution in [0.15, 0.2) is 12.7 Å². The lowest BCUT2D eigenvalue weighted by Gasteiger charge is -2.27. The van der Waals surface area contributed by atoms with Crippen LogP contribution in [0.4, 0.5) is 0 Å². The fourth-order valence-electron chi connectivity index (χ4n) is 1.22. The molecule has 0 aromatic rings. The van der Waals surface area contributed by atoms with Gasteiger partial charge in [-0.2, -0.15) is 0 Å². The highest BCUT2D eigenvalue weighted by molar-refractivity contribution is 4.81. The van der Waals surface area contributed by atoms with Crippen molar-refractivity contribution in [3.8, 4) is 0 Å².